The number of hydrogen-bond donors (Lipinski definition) is 1. The minimum atomic E-state index is -0.406. The number of benzene rings is 1. The topological polar surface area (TPSA) is 52.3 Å². The van der Waals surface area contributed by atoms with Gasteiger partial charge in [0.2, 0.25) is 0 Å². The lowest BCUT2D eigenvalue weighted by Gasteiger charge is -2.21. The summed E-state index contributed by atoms with van der Waals surface area (Å²) in [6, 6.07) is 7.55. The van der Waals surface area contributed by atoms with Gasteiger partial charge < -0.3 is 10.5 Å². The highest BCUT2D eigenvalue weighted by molar-refractivity contribution is 5.86. The maximum atomic E-state index is 12.3. The highest BCUT2D eigenvalue weighted by Crippen LogP contribution is 2.49. The summed E-state index contributed by atoms with van der Waals surface area (Å²) < 4.78 is 5.55. The summed E-state index contributed by atoms with van der Waals surface area (Å²) in [7, 11) is 0. The maximum absolute atomic E-state index is 12.3. The van der Waals surface area contributed by atoms with Crippen LogP contribution in [0.25, 0.3) is 0 Å². The molecule has 0 saturated heterocycles. The average Bonchev–Trinajstić information content (AvgIpc) is 3.11. The Bertz CT molecular complexity index is 432. The number of rotatable bonds is 4. The molecule has 98 valence electrons. The van der Waals surface area contributed by atoms with Crippen LogP contribution >= 0.6 is 0 Å². The molecule has 1 atom stereocenters. The number of nitrogen functional groups attached to an aromatic ring is 1. The fourth-order valence-electron chi connectivity index (χ4n) is 1.96. The number of nitrogens with two attached hydrogens (primary N) is 1. The number of anilines is 1. The molecule has 1 unspecified atom stereocenters. The third-order valence-corrected chi connectivity index (χ3v) is 3.84. The van der Waals surface area contributed by atoms with Crippen molar-refractivity contribution in [1.82, 2.24) is 0 Å². The summed E-state index contributed by atoms with van der Waals surface area (Å²) in [5.74, 6) is 0.254. The minimum absolute atomic E-state index is 0.0382. The Morgan fingerprint density at radius 2 is 1.78 bits per heavy atom. The highest BCUT2D eigenvalue weighted by atomic mass is 16.5. The molecule has 0 heterocycles. The molecule has 1 aromatic carbocycles. The van der Waals surface area contributed by atoms with E-state index in [0.717, 1.165) is 24.1 Å². The normalized spacial score (nSPS) is 18.4. The van der Waals surface area contributed by atoms with E-state index < -0.39 is 5.41 Å². The van der Waals surface area contributed by atoms with Crippen LogP contribution in [0.3, 0.4) is 0 Å². The molecule has 3 heteroatoms. The predicted molar refractivity (Wildman–Crippen MR) is 72.2 cm³/mol. The summed E-state index contributed by atoms with van der Waals surface area (Å²) in [6.45, 7) is 6.06. The smallest absolute Gasteiger partial charge is 0.316 e. The van der Waals surface area contributed by atoms with Crippen LogP contribution in [0.4, 0.5) is 5.69 Å². The molecule has 1 aliphatic carbocycles. The molecule has 1 saturated carbocycles. The van der Waals surface area contributed by atoms with Crippen LogP contribution < -0.4 is 5.73 Å². The quantitative estimate of drug-likeness (QED) is 0.657. The average molecular weight is 247 g/mol. The lowest BCUT2D eigenvalue weighted by atomic mass is 9.95. The summed E-state index contributed by atoms with van der Waals surface area (Å²) in [5, 5.41) is 0. The second kappa shape index (κ2) is 4.63. The largest absolute Gasteiger partial charge is 0.462 e. The third-order valence-electron chi connectivity index (χ3n) is 3.84. The molecule has 1 aromatic rings. The summed E-state index contributed by atoms with van der Waals surface area (Å²) in [6.07, 6.45) is 1.71. The zero-order valence-corrected chi connectivity index (χ0v) is 11.3. The van der Waals surface area contributed by atoms with Gasteiger partial charge in [0.1, 0.15) is 6.10 Å². The van der Waals surface area contributed by atoms with Gasteiger partial charge in [0.05, 0.1) is 5.41 Å². The van der Waals surface area contributed by atoms with Crippen LogP contribution in [0.5, 0.6) is 0 Å². The van der Waals surface area contributed by atoms with Crippen LogP contribution in [0.2, 0.25) is 0 Å². The van der Waals surface area contributed by atoms with E-state index in [1.54, 1.807) is 0 Å². The van der Waals surface area contributed by atoms with Gasteiger partial charge >= 0.3 is 5.97 Å². The van der Waals surface area contributed by atoms with E-state index >= 15 is 0 Å². The van der Waals surface area contributed by atoms with E-state index in [-0.39, 0.29) is 12.1 Å². The Morgan fingerprint density at radius 3 is 2.22 bits per heavy atom. The Hall–Kier alpha value is -1.51. The Kier molecular flexibility index (Phi) is 3.33. The van der Waals surface area contributed by atoms with Crippen molar-refractivity contribution in [3.8, 4) is 0 Å². The second-order valence-corrected chi connectivity index (χ2v) is 5.56. The molecule has 2 N–H and O–H groups in total. The molecular formula is C15H21NO2. The fraction of sp³-hybridized carbons (Fsp3) is 0.533. The first-order valence-corrected chi connectivity index (χ1v) is 6.53. The predicted octanol–water partition coefficient (Wildman–Crippen LogP) is 2.89. The summed E-state index contributed by atoms with van der Waals surface area (Å²) in [5.41, 5.74) is 7.01. The molecule has 0 bridgehead atoms. The number of esters is 1. The SMILES string of the molecule is CC(C)C(C)OC(=O)C1(c2ccc(N)cc2)CC1. The fourth-order valence-corrected chi connectivity index (χ4v) is 1.96. The van der Waals surface area contributed by atoms with Crippen LogP contribution in [0.15, 0.2) is 24.3 Å². The summed E-state index contributed by atoms with van der Waals surface area (Å²) in [4.78, 5) is 12.3. The number of hydrogen-bond acceptors (Lipinski definition) is 3. The molecule has 0 aliphatic heterocycles. The maximum Gasteiger partial charge on any atom is 0.316 e. The third kappa shape index (κ3) is 2.35. The zero-order chi connectivity index (χ0) is 13.3. The molecule has 0 aromatic heterocycles. The number of ether oxygens (including phenoxy) is 1. The lowest BCUT2D eigenvalue weighted by molar-refractivity contribution is -0.153. The van der Waals surface area contributed by atoms with Crippen molar-refractivity contribution >= 4 is 11.7 Å². The molecule has 3 nitrogen and oxygen atoms in total. The molecule has 0 amide bonds. The van der Waals surface area contributed by atoms with Gasteiger partial charge in [-0.25, -0.2) is 0 Å². The van der Waals surface area contributed by atoms with Gasteiger partial charge in [-0.3, -0.25) is 4.79 Å². The summed E-state index contributed by atoms with van der Waals surface area (Å²) >= 11 is 0. The van der Waals surface area contributed by atoms with Crippen molar-refractivity contribution in [2.24, 2.45) is 5.92 Å². The van der Waals surface area contributed by atoms with Crippen molar-refractivity contribution in [1.29, 1.82) is 0 Å². The van der Waals surface area contributed by atoms with E-state index in [9.17, 15) is 4.79 Å². The van der Waals surface area contributed by atoms with Crippen molar-refractivity contribution in [3.05, 3.63) is 29.8 Å². The van der Waals surface area contributed by atoms with Crippen LogP contribution in [-0.2, 0) is 14.9 Å². The number of carbonyl (C=O) groups is 1. The van der Waals surface area contributed by atoms with Gasteiger partial charge in [-0.1, -0.05) is 26.0 Å². The van der Waals surface area contributed by atoms with Gasteiger partial charge in [-0.15, -0.1) is 0 Å². The molecule has 0 radical (unpaired) electrons. The van der Waals surface area contributed by atoms with E-state index in [1.165, 1.54) is 0 Å². The van der Waals surface area contributed by atoms with Crippen molar-refractivity contribution in [2.45, 2.75) is 45.1 Å². The van der Waals surface area contributed by atoms with E-state index in [0.29, 0.717) is 5.92 Å². The molecule has 1 aliphatic rings. The Morgan fingerprint density at radius 1 is 1.22 bits per heavy atom. The molecule has 1 fully saturated rings. The minimum Gasteiger partial charge on any atom is -0.462 e. The first-order valence-electron chi connectivity index (χ1n) is 6.53. The first kappa shape index (κ1) is 12.9. The standard InChI is InChI=1S/C15H21NO2/c1-10(2)11(3)18-14(17)15(8-9-15)12-4-6-13(16)7-5-12/h4-7,10-11H,8-9,16H2,1-3H3. The van der Waals surface area contributed by atoms with E-state index in [2.05, 4.69) is 13.8 Å². The molecular weight excluding hydrogens is 226 g/mol. The second-order valence-electron chi connectivity index (χ2n) is 5.56. The van der Waals surface area contributed by atoms with Crippen molar-refractivity contribution in [3.63, 3.8) is 0 Å². The number of carbonyl (C=O) groups excluding carboxylic acids is 1. The van der Waals surface area contributed by atoms with Crippen LogP contribution in [0, 0.1) is 5.92 Å². The molecule has 0 spiro atoms. The van der Waals surface area contributed by atoms with E-state index in [1.807, 2.05) is 31.2 Å². The Labute approximate surface area is 108 Å². The lowest BCUT2D eigenvalue weighted by Crippen LogP contribution is -2.29. The van der Waals surface area contributed by atoms with E-state index in [4.69, 9.17) is 10.5 Å². The highest BCUT2D eigenvalue weighted by Gasteiger charge is 2.53. The van der Waals surface area contributed by atoms with Crippen molar-refractivity contribution < 1.29 is 9.53 Å². The first-order chi connectivity index (χ1) is 8.45. The van der Waals surface area contributed by atoms with Crippen molar-refractivity contribution in [2.75, 3.05) is 5.73 Å². The van der Waals surface area contributed by atoms with Crippen LogP contribution in [-0.4, -0.2) is 12.1 Å². The van der Waals surface area contributed by atoms with Gasteiger partial charge in [0.15, 0.2) is 0 Å². The Balaban J connectivity index is 2.12. The van der Waals surface area contributed by atoms with Gasteiger partial charge in [-0.05, 0) is 43.4 Å². The van der Waals surface area contributed by atoms with Gasteiger partial charge in [0.25, 0.3) is 0 Å². The zero-order valence-electron chi connectivity index (χ0n) is 11.3. The van der Waals surface area contributed by atoms with Gasteiger partial charge in [-0.2, -0.15) is 0 Å². The van der Waals surface area contributed by atoms with Crippen LogP contribution in [0.1, 0.15) is 39.2 Å². The molecule has 18 heavy (non-hydrogen) atoms. The monoisotopic (exact) mass is 247 g/mol. The van der Waals surface area contributed by atoms with Gasteiger partial charge in [0, 0.05) is 5.69 Å². The molecule has 2 rings (SSSR count).